The van der Waals surface area contributed by atoms with Crippen molar-refractivity contribution in [2.45, 2.75) is 17.8 Å². The van der Waals surface area contributed by atoms with Gasteiger partial charge in [0.25, 0.3) is 0 Å². The predicted molar refractivity (Wildman–Crippen MR) is 114 cm³/mol. The van der Waals surface area contributed by atoms with Crippen molar-refractivity contribution in [3.8, 4) is 0 Å². The zero-order valence-electron chi connectivity index (χ0n) is 15.7. The standard InChI is InChI=1S/C27H18O2/c28-26-21-11-5-3-9-19(21)24-23(18-14-13-16-7-1-2-8-17(16)15-18)25(26)20-10-4-6-12-22(20)27(24)29/h1-15,23-25H. The van der Waals surface area contributed by atoms with Gasteiger partial charge in [0.2, 0.25) is 0 Å². The largest absolute Gasteiger partial charge is 0.293 e. The van der Waals surface area contributed by atoms with E-state index in [1.54, 1.807) is 0 Å². The molecule has 0 spiro atoms. The van der Waals surface area contributed by atoms with Crippen LogP contribution in [-0.2, 0) is 0 Å². The lowest BCUT2D eigenvalue weighted by Crippen LogP contribution is -2.40. The molecule has 2 aliphatic rings. The van der Waals surface area contributed by atoms with Gasteiger partial charge in [-0.3, -0.25) is 9.59 Å². The number of hydrogen-bond donors (Lipinski definition) is 0. The summed E-state index contributed by atoms with van der Waals surface area (Å²) in [7, 11) is 0. The quantitative estimate of drug-likeness (QED) is 0.417. The Labute approximate surface area is 168 Å². The summed E-state index contributed by atoms with van der Waals surface area (Å²) in [6.45, 7) is 0. The number of fused-ring (bicyclic) bond motifs is 7. The maximum Gasteiger partial charge on any atom is 0.171 e. The van der Waals surface area contributed by atoms with Crippen molar-refractivity contribution < 1.29 is 9.59 Å². The van der Waals surface area contributed by atoms with E-state index in [0.29, 0.717) is 11.1 Å². The summed E-state index contributed by atoms with van der Waals surface area (Å²) in [4.78, 5) is 27.3. The molecule has 4 aromatic rings. The summed E-state index contributed by atoms with van der Waals surface area (Å²) < 4.78 is 0. The van der Waals surface area contributed by atoms with Gasteiger partial charge in [0.1, 0.15) is 0 Å². The van der Waals surface area contributed by atoms with Gasteiger partial charge < -0.3 is 0 Å². The minimum absolute atomic E-state index is 0.120. The van der Waals surface area contributed by atoms with Crippen LogP contribution in [0.25, 0.3) is 10.8 Å². The molecule has 29 heavy (non-hydrogen) atoms. The van der Waals surface area contributed by atoms with Gasteiger partial charge in [0.15, 0.2) is 11.6 Å². The summed E-state index contributed by atoms with van der Waals surface area (Å²) >= 11 is 0. The number of carbonyl (C=O) groups is 2. The number of carbonyl (C=O) groups excluding carboxylic acids is 2. The van der Waals surface area contributed by atoms with Crippen LogP contribution in [0, 0.1) is 0 Å². The Bertz CT molecular complexity index is 1250. The van der Waals surface area contributed by atoms with E-state index in [0.717, 1.165) is 27.5 Å². The summed E-state index contributed by atoms with van der Waals surface area (Å²) in [5.74, 6) is -0.593. The normalized spacial score (nSPS) is 22.3. The topological polar surface area (TPSA) is 34.1 Å². The van der Waals surface area contributed by atoms with Gasteiger partial charge in [-0.1, -0.05) is 91.0 Å². The summed E-state index contributed by atoms with van der Waals surface area (Å²) in [6, 6.07) is 29.8. The fraction of sp³-hybridized carbons (Fsp3) is 0.111. The SMILES string of the molecule is O=C1c2ccccc2C2C(=O)c3ccccc3C1C2c1ccc2ccccc2c1. The first kappa shape index (κ1) is 16.4. The third-order valence-corrected chi connectivity index (χ3v) is 6.56. The average Bonchev–Trinajstić information content (AvgIpc) is 2.78. The van der Waals surface area contributed by atoms with E-state index in [2.05, 4.69) is 30.3 Å². The van der Waals surface area contributed by atoms with E-state index in [9.17, 15) is 9.59 Å². The molecule has 2 heteroatoms. The van der Waals surface area contributed by atoms with Crippen LogP contribution in [0.1, 0.15) is 55.2 Å². The van der Waals surface area contributed by atoms with Gasteiger partial charge >= 0.3 is 0 Å². The van der Waals surface area contributed by atoms with Gasteiger partial charge in [-0.25, -0.2) is 0 Å². The summed E-state index contributed by atoms with van der Waals surface area (Å²) in [5.41, 5.74) is 4.19. The molecule has 2 unspecified atom stereocenters. The second kappa shape index (κ2) is 5.99. The van der Waals surface area contributed by atoms with Crippen LogP contribution in [0.15, 0.2) is 91.0 Å². The van der Waals surface area contributed by atoms with Gasteiger partial charge in [-0.2, -0.15) is 0 Å². The fourth-order valence-electron chi connectivity index (χ4n) is 5.31. The Morgan fingerprint density at radius 3 is 1.66 bits per heavy atom. The minimum Gasteiger partial charge on any atom is -0.293 e. The van der Waals surface area contributed by atoms with Crippen LogP contribution >= 0.6 is 0 Å². The molecule has 0 saturated heterocycles. The van der Waals surface area contributed by atoms with E-state index in [1.165, 1.54) is 0 Å². The molecule has 2 atom stereocenters. The van der Waals surface area contributed by atoms with Crippen molar-refractivity contribution in [1.82, 2.24) is 0 Å². The second-order valence-electron chi connectivity index (χ2n) is 7.99. The highest BCUT2D eigenvalue weighted by atomic mass is 16.1. The highest BCUT2D eigenvalue weighted by Gasteiger charge is 2.51. The molecule has 0 aromatic heterocycles. The predicted octanol–water partition coefficient (Wildman–Crippen LogP) is 5.88. The molecule has 0 radical (unpaired) electrons. The van der Waals surface area contributed by atoms with E-state index in [-0.39, 0.29) is 29.3 Å². The Kier molecular flexibility index (Phi) is 3.39. The third kappa shape index (κ3) is 2.23. The van der Waals surface area contributed by atoms with Gasteiger partial charge in [0.05, 0.1) is 11.8 Å². The first-order chi connectivity index (χ1) is 14.2. The first-order valence-corrected chi connectivity index (χ1v) is 9.99. The molecule has 0 fully saturated rings. The molecular weight excluding hydrogens is 356 g/mol. The molecule has 2 nitrogen and oxygen atoms in total. The highest BCUT2D eigenvalue weighted by Crippen LogP contribution is 2.55. The van der Waals surface area contributed by atoms with Crippen LogP contribution in [0.5, 0.6) is 0 Å². The fourth-order valence-corrected chi connectivity index (χ4v) is 5.31. The van der Waals surface area contributed by atoms with Crippen LogP contribution in [0.3, 0.4) is 0 Å². The Balaban J connectivity index is 1.65. The summed E-state index contributed by atoms with van der Waals surface area (Å²) in [6.07, 6.45) is 0. The molecule has 2 bridgehead atoms. The van der Waals surface area contributed by atoms with Crippen molar-refractivity contribution in [1.29, 1.82) is 0 Å². The van der Waals surface area contributed by atoms with Crippen molar-refractivity contribution in [3.05, 3.63) is 119 Å². The first-order valence-electron chi connectivity index (χ1n) is 9.99. The van der Waals surface area contributed by atoms with E-state index >= 15 is 0 Å². The molecular formula is C27H18O2. The van der Waals surface area contributed by atoms with Crippen LogP contribution in [0.2, 0.25) is 0 Å². The number of hydrogen-bond acceptors (Lipinski definition) is 2. The Morgan fingerprint density at radius 2 is 1.03 bits per heavy atom. The number of Topliss-reactive ketones (excluding diaryl/α,β-unsaturated/α-hetero) is 2. The lowest BCUT2D eigenvalue weighted by molar-refractivity contribution is 0.0852. The van der Waals surface area contributed by atoms with Gasteiger partial charge in [0, 0.05) is 17.0 Å². The maximum absolute atomic E-state index is 13.6. The number of benzene rings is 4. The zero-order valence-corrected chi connectivity index (χ0v) is 15.7. The van der Waals surface area contributed by atoms with Gasteiger partial charge in [-0.15, -0.1) is 0 Å². The minimum atomic E-state index is -0.329. The van der Waals surface area contributed by atoms with Crippen LogP contribution in [-0.4, -0.2) is 11.6 Å². The molecule has 2 aliphatic carbocycles. The Morgan fingerprint density at radius 1 is 0.517 bits per heavy atom. The average molecular weight is 374 g/mol. The number of rotatable bonds is 1. The van der Waals surface area contributed by atoms with Gasteiger partial charge in [-0.05, 0) is 27.5 Å². The molecule has 0 saturated carbocycles. The van der Waals surface area contributed by atoms with Crippen molar-refractivity contribution in [2.24, 2.45) is 0 Å². The monoisotopic (exact) mass is 374 g/mol. The summed E-state index contributed by atoms with van der Waals surface area (Å²) in [5, 5.41) is 2.30. The van der Waals surface area contributed by atoms with E-state index in [4.69, 9.17) is 0 Å². The molecule has 0 heterocycles. The number of ketones is 2. The zero-order chi connectivity index (χ0) is 19.5. The lowest BCUT2D eigenvalue weighted by atomic mass is 9.57. The smallest absolute Gasteiger partial charge is 0.171 e. The molecule has 0 aliphatic heterocycles. The maximum atomic E-state index is 13.6. The second-order valence-corrected chi connectivity index (χ2v) is 7.99. The Hall–Kier alpha value is -3.52. The van der Waals surface area contributed by atoms with Crippen molar-refractivity contribution >= 4 is 22.3 Å². The van der Waals surface area contributed by atoms with Crippen LogP contribution in [0.4, 0.5) is 0 Å². The van der Waals surface area contributed by atoms with Crippen LogP contribution < -0.4 is 0 Å². The van der Waals surface area contributed by atoms with E-state index < -0.39 is 0 Å². The molecule has 0 N–H and O–H groups in total. The third-order valence-electron chi connectivity index (χ3n) is 6.56. The molecule has 138 valence electrons. The molecule has 6 rings (SSSR count). The molecule has 0 amide bonds. The van der Waals surface area contributed by atoms with Crippen molar-refractivity contribution in [3.63, 3.8) is 0 Å². The molecule has 4 aromatic carbocycles. The van der Waals surface area contributed by atoms with E-state index in [1.807, 2.05) is 60.7 Å². The van der Waals surface area contributed by atoms with Crippen molar-refractivity contribution in [2.75, 3.05) is 0 Å². The lowest BCUT2D eigenvalue weighted by Gasteiger charge is -2.43. The highest BCUT2D eigenvalue weighted by molar-refractivity contribution is 6.15.